The number of thiophene rings is 1. The van der Waals surface area contributed by atoms with Gasteiger partial charge in [0, 0.05) is 18.1 Å². The molecule has 0 spiro atoms. The fourth-order valence-corrected chi connectivity index (χ4v) is 5.26. The van der Waals surface area contributed by atoms with Gasteiger partial charge in [-0.3, -0.25) is 14.7 Å². The summed E-state index contributed by atoms with van der Waals surface area (Å²) >= 11 is 1.60. The molecular formula is C26H29N3O4S. The largest absolute Gasteiger partial charge is 0.497 e. The summed E-state index contributed by atoms with van der Waals surface area (Å²) in [4.78, 5) is 19.6. The predicted molar refractivity (Wildman–Crippen MR) is 132 cm³/mol. The van der Waals surface area contributed by atoms with Gasteiger partial charge in [0.15, 0.2) is 0 Å². The smallest absolute Gasteiger partial charge is 0.308 e. The maximum absolute atomic E-state index is 12.1. The first-order valence-electron chi connectivity index (χ1n) is 11.4. The number of hydrogen-bond acceptors (Lipinski definition) is 7. The van der Waals surface area contributed by atoms with Crippen LogP contribution in [0.3, 0.4) is 0 Å². The Balaban J connectivity index is 1.41. The number of carboxylic acid groups (broad SMARTS) is 1. The summed E-state index contributed by atoms with van der Waals surface area (Å²) in [7, 11) is 1.62. The van der Waals surface area contributed by atoms with E-state index in [2.05, 4.69) is 27.2 Å². The van der Waals surface area contributed by atoms with Crippen LogP contribution in [0.25, 0.3) is 10.9 Å². The zero-order valence-corrected chi connectivity index (χ0v) is 19.9. The molecule has 0 bridgehead atoms. The molecule has 8 heteroatoms. The normalized spacial score (nSPS) is 19.4. The van der Waals surface area contributed by atoms with Gasteiger partial charge < -0.3 is 15.1 Å². The third-order valence-corrected chi connectivity index (χ3v) is 7.32. The molecule has 0 radical (unpaired) electrons. The highest BCUT2D eigenvalue weighted by Gasteiger charge is 2.34. The number of ether oxygens (including phenoxy) is 1. The van der Waals surface area contributed by atoms with Crippen LogP contribution in [0.15, 0.2) is 48.0 Å². The molecule has 3 heterocycles. The first-order valence-corrected chi connectivity index (χ1v) is 12.3. The molecule has 0 aliphatic carbocycles. The predicted octanol–water partition coefficient (Wildman–Crippen LogP) is 4.18. The molecule has 3 atom stereocenters. The number of hydrogen-bond donors (Lipinski definition) is 3. The number of hydroxylamine groups is 1. The molecule has 2 aromatic heterocycles. The third-order valence-electron chi connectivity index (χ3n) is 6.53. The zero-order chi connectivity index (χ0) is 23.9. The Morgan fingerprint density at radius 3 is 3.00 bits per heavy atom. The second kappa shape index (κ2) is 11.4. The van der Waals surface area contributed by atoms with Crippen LogP contribution >= 0.6 is 11.3 Å². The van der Waals surface area contributed by atoms with Crippen molar-refractivity contribution in [1.29, 1.82) is 0 Å². The number of rotatable bonds is 8. The third kappa shape index (κ3) is 5.75. The van der Waals surface area contributed by atoms with E-state index in [1.165, 1.54) is 0 Å². The lowest BCUT2D eigenvalue weighted by Crippen LogP contribution is -2.44. The maximum atomic E-state index is 12.1. The molecule has 0 saturated carbocycles. The zero-order valence-electron chi connectivity index (χ0n) is 19.1. The van der Waals surface area contributed by atoms with Crippen molar-refractivity contribution in [1.82, 2.24) is 15.4 Å². The van der Waals surface area contributed by atoms with Crippen molar-refractivity contribution in [3.05, 3.63) is 58.4 Å². The number of nitrogens with one attached hydrogen (secondary N) is 1. The number of carbonyl (C=O) groups is 1. The van der Waals surface area contributed by atoms with E-state index in [0.717, 1.165) is 40.1 Å². The van der Waals surface area contributed by atoms with E-state index < -0.39 is 11.9 Å². The highest BCUT2D eigenvalue weighted by molar-refractivity contribution is 7.10. The Morgan fingerprint density at radius 2 is 2.26 bits per heavy atom. The van der Waals surface area contributed by atoms with Gasteiger partial charge in [-0.05, 0) is 73.0 Å². The number of nitrogens with zero attached hydrogens (tertiary/aromatic N) is 2. The van der Waals surface area contributed by atoms with Crippen LogP contribution in [0.5, 0.6) is 5.75 Å². The first-order chi connectivity index (χ1) is 16.6. The number of pyridine rings is 1. The second-order valence-electron chi connectivity index (χ2n) is 8.55. The Morgan fingerprint density at radius 1 is 1.38 bits per heavy atom. The van der Waals surface area contributed by atoms with E-state index in [9.17, 15) is 15.1 Å². The molecule has 1 fully saturated rings. The quantitative estimate of drug-likeness (QED) is 0.330. The minimum absolute atomic E-state index is 0.0393. The Bertz CT molecular complexity index is 1170. The van der Waals surface area contributed by atoms with E-state index in [-0.39, 0.29) is 12.0 Å². The number of fused-ring (bicyclic) bond motifs is 1. The van der Waals surface area contributed by atoms with Gasteiger partial charge in [-0.15, -0.1) is 11.3 Å². The highest BCUT2D eigenvalue weighted by atomic mass is 32.1. The number of methoxy groups -OCH3 is 1. The van der Waals surface area contributed by atoms with E-state index >= 15 is 0 Å². The minimum atomic E-state index is -0.770. The summed E-state index contributed by atoms with van der Waals surface area (Å²) in [5.74, 6) is 5.86. The molecule has 0 amide bonds. The molecule has 3 N–H and O–H groups in total. The summed E-state index contributed by atoms with van der Waals surface area (Å²) in [6.45, 7) is 1.88. The first kappa shape index (κ1) is 24.2. The number of aromatic nitrogens is 1. The van der Waals surface area contributed by atoms with Crippen LogP contribution in [0.1, 0.15) is 35.7 Å². The Labute approximate surface area is 203 Å². The molecule has 1 saturated heterocycles. The van der Waals surface area contributed by atoms with E-state index in [1.807, 2.05) is 41.8 Å². The van der Waals surface area contributed by atoms with Gasteiger partial charge in [0.2, 0.25) is 0 Å². The van der Waals surface area contributed by atoms with Crippen molar-refractivity contribution in [3.63, 3.8) is 0 Å². The van der Waals surface area contributed by atoms with Gasteiger partial charge in [0.05, 0.1) is 36.0 Å². The lowest BCUT2D eigenvalue weighted by molar-refractivity contribution is -0.146. The number of piperidine rings is 1. The molecular weight excluding hydrogens is 450 g/mol. The monoisotopic (exact) mass is 479 g/mol. The van der Waals surface area contributed by atoms with Crippen LogP contribution in [0.4, 0.5) is 0 Å². The van der Waals surface area contributed by atoms with E-state index in [1.54, 1.807) is 24.6 Å². The van der Waals surface area contributed by atoms with Gasteiger partial charge in [0.1, 0.15) is 5.75 Å². The van der Waals surface area contributed by atoms with Crippen molar-refractivity contribution >= 4 is 28.2 Å². The van der Waals surface area contributed by atoms with E-state index in [0.29, 0.717) is 25.9 Å². The summed E-state index contributed by atoms with van der Waals surface area (Å²) in [6, 6.07) is 11.2. The summed E-state index contributed by atoms with van der Waals surface area (Å²) in [6.07, 6.45) is 3.82. The lowest BCUT2D eigenvalue weighted by atomic mass is 9.81. The summed E-state index contributed by atoms with van der Waals surface area (Å²) in [5, 5.41) is 22.7. The molecule has 3 aromatic rings. The van der Waals surface area contributed by atoms with Crippen molar-refractivity contribution in [2.75, 3.05) is 26.7 Å². The average Bonchev–Trinajstić information content (AvgIpc) is 3.38. The number of likely N-dealkylation sites (tertiary alicyclic amines) is 1. The summed E-state index contributed by atoms with van der Waals surface area (Å²) in [5.41, 5.74) is 4.17. The van der Waals surface area contributed by atoms with Crippen molar-refractivity contribution in [2.45, 2.75) is 25.3 Å². The van der Waals surface area contributed by atoms with Crippen LogP contribution in [-0.4, -0.2) is 52.9 Å². The second-order valence-corrected chi connectivity index (χ2v) is 9.50. The van der Waals surface area contributed by atoms with Gasteiger partial charge in [0.25, 0.3) is 0 Å². The lowest BCUT2D eigenvalue weighted by Gasteiger charge is -2.36. The minimum Gasteiger partial charge on any atom is -0.497 e. The molecule has 4 rings (SSSR count). The van der Waals surface area contributed by atoms with Gasteiger partial charge in [-0.2, -0.15) is 5.48 Å². The van der Waals surface area contributed by atoms with Crippen LogP contribution in [-0.2, 0) is 4.79 Å². The van der Waals surface area contributed by atoms with Crippen LogP contribution in [0.2, 0.25) is 0 Å². The number of carboxylic acids is 1. The molecule has 34 heavy (non-hydrogen) atoms. The van der Waals surface area contributed by atoms with Gasteiger partial charge in [-0.25, -0.2) is 0 Å². The number of benzene rings is 1. The SMILES string of the molecule is COc1ccc2nccc(C(CC[C@@H]3CCN(CC#Cc4cccs4)C[C@@H]3C(=O)O)NO)c2c1. The Hall–Kier alpha value is -2.96. The van der Waals surface area contributed by atoms with E-state index in [4.69, 9.17) is 4.74 Å². The highest BCUT2D eigenvalue weighted by Crippen LogP contribution is 2.33. The standard InChI is InChI=1S/C26H29N3O4S/c1-33-19-7-9-24-22(16-19)21(10-12-27-24)25(28-32)8-6-18-11-14-29(17-23(18)26(30)31)13-2-4-20-5-3-15-34-20/h3,5,7,9-10,12,15-16,18,23,25,28,32H,6,8,11,13-14,17H2,1H3,(H,30,31)/t18-,23+,25?/m1/s1. The van der Waals surface area contributed by atoms with Crippen LogP contribution < -0.4 is 10.2 Å². The number of aliphatic carboxylic acids is 1. The topological polar surface area (TPSA) is 94.9 Å². The van der Waals surface area contributed by atoms with Crippen molar-refractivity contribution in [3.8, 4) is 17.6 Å². The molecule has 178 valence electrons. The fraction of sp³-hybridized carbons (Fsp3) is 0.385. The average molecular weight is 480 g/mol. The van der Waals surface area contributed by atoms with Crippen molar-refractivity contribution < 1.29 is 19.8 Å². The molecule has 7 nitrogen and oxygen atoms in total. The molecule has 1 unspecified atom stereocenters. The van der Waals surface area contributed by atoms with Gasteiger partial charge >= 0.3 is 5.97 Å². The van der Waals surface area contributed by atoms with Crippen molar-refractivity contribution in [2.24, 2.45) is 11.8 Å². The Kier molecular flexibility index (Phi) is 8.14. The molecule has 1 aliphatic rings. The maximum Gasteiger partial charge on any atom is 0.308 e. The van der Waals surface area contributed by atoms with Crippen LogP contribution in [0, 0.1) is 23.7 Å². The summed E-state index contributed by atoms with van der Waals surface area (Å²) < 4.78 is 5.36. The van der Waals surface area contributed by atoms with Gasteiger partial charge in [-0.1, -0.05) is 17.9 Å². The molecule has 1 aliphatic heterocycles. The fourth-order valence-electron chi connectivity index (χ4n) is 4.67. The molecule has 1 aromatic carbocycles.